The summed E-state index contributed by atoms with van der Waals surface area (Å²) >= 11 is 8.62. The minimum Gasteiger partial charge on any atom is -0.454 e. The Morgan fingerprint density at radius 2 is 1.97 bits per heavy atom. The molecule has 0 saturated carbocycles. The van der Waals surface area contributed by atoms with Crippen LogP contribution in [0.5, 0.6) is 11.5 Å². The Morgan fingerprint density at radius 3 is 2.73 bits per heavy atom. The van der Waals surface area contributed by atoms with E-state index >= 15 is 0 Å². The number of nitrogens with one attached hydrogen (secondary N) is 2. The summed E-state index contributed by atoms with van der Waals surface area (Å²) in [5.41, 5.74) is 1.48. The van der Waals surface area contributed by atoms with Crippen molar-refractivity contribution in [3.8, 4) is 22.8 Å². The maximum atomic E-state index is 12.9. The number of anilines is 1. The number of amides is 1. The second kappa shape index (κ2) is 10.3. The molecule has 1 amide bonds. The second-order valence-corrected chi connectivity index (χ2v) is 11.0. The van der Waals surface area contributed by atoms with Gasteiger partial charge in [0.15, 0.2) is 16.6 Å². The Hall–Kier alpha value is -2.31. The van der Waals surface area contributed by atoms with Crippen LogP contribution >= 0.6 is 34.7 Å². The number of halogens is 1. The van der Waals surface area contributed by atoms with Gasteiger partial charge in [0, 0.05) is 16.0 Å². The number of thiazole rings is 1. The predicted octanol–water partition coefficient (Wildman–Crippen LogP) is 4.23. The summed E-state index contributed by atoms with van der Waals surface area (Å²) in [7, 11) is -3.91. The van der Waals surface area contributed by atoms with Crippen molar-refractivity contribution in [3.63, 3.8) is 0 Å². The molecule has 0 spiro atoms. The van der Waals surface area contributed by atoms with Gasteiger partial charge in [-0.15, -0.1) is 11.3 Å². The lowest BCUT2D eigenvalue weighted by atomic mass is 10.1. The molecule has 3 aromatic rings. The number of hydrogen-bond donors (Lipinski definition) is 2. The quantitative estimate of drug-likeness (QED) is 0.430. The number of carbonyl (C=O) groups is 1. The van der Waals surface area contributed by atoms with Crippen molar-refractivity contribution in [3.05, 3.63) is 52.9 Å². The number of aromatic nitrogens is 1. The van der Waals surface area contributed by atoms with E-state index in [0.717, 1.165) is 5.56 Å². The fourth-order valence-corrected chi connectivity index (χ4v) is 5.61. The van der Waals surface area contributed by atoms with Gasteiger partial charge in [-0.05, 0) is 60.9 Å². The van der Waals surface area contributed by atoms with E-state index in [9.17, 15) is 13.2 Å². The Bertz CT molecular complexity index is 1250. The van der Waals surface area contributed by atoms with Crippen LogP contribution in [0.15, 0.2) is 52.7 Å². The van der Waals surface area contributed by atoms with Crippen molar-refractivity contribution in [1.29, 1.82) is 0 Å². The van der Waals surface area contributed by atoms with Gasteiger partial charge in [-0.2, -0.15) is 16.5 Å². The first kappa shape index (κ1) is 23.8. The van der Waals surface area contributed by atoms with Crippen LogP contribution in [0.3, 0.4) is 0 Å². The van der Waals surface area contributed by atoms with Gasteiger partial charge in [0.1, 0.15) is 6.04 Å². The average Bonchev–Trinajstić information content (AvgIpc) is 3.45. The molecule has 0 saturated heterocycles. The number of hydrogen-bond acceptors (Lipinski definition) is 8. The molecule has 1 unspecified atom stereocenters. The van der Waals surface area contributed by atoms with Crippen molar-refractivity contribution in [1.82, 2.24) is 9.71 Å². The fourth-order valence-electron chi connectivity index (χ4n) is 3.06. The Morgan fingerprint density at radius 1 is 1.21 bits per heavy atom. The van der Waals surface area contributed by atoms with Gasteiger partial charge in [0.2, 0.25) is 22.7 Å². The van der Waals surface area contributed by atoms with E-state index in [0.29, 0.717) is 39.5 Å². The SMILES string of the molecule is CSCCC(NS(=O)(=O)c1ccc(Cl)cc1)C(=O)Nc1nc(-c2ccc3c(c2)OCO3)cs1. The van der Waals surface area contributed by atoms with Gasteiger partial charge >= 0.3 is 0 Å². The maximum Gasteiger partial charge on any atom is 0.244 e. The molecule has 2 aromatic carbocycles. The number of ether oxygens (including phenoxy) is 2. The monoisotopic (exact) mass is 525 g/mol. The summed E-state index contributed by atoms with van der Waals surface area (Å²) < 4.78 is 38.8. The molecule has 0 radical (unpaired) electrons. The molecule has 0 aliphatic carbocycles. The highest BCUT2D eigenvalue weighted by Gasteiger charge is 2.26. The molecular formula is C21H20ClN3O5S3. The number of benzene rings is 2. The Kier molecular flexibility index (Phi) is 7.45. The van der Waals surface area contributed by atoms with Crippen molar-refractivity contribution >= 4 is 55.8 Å². The first-order valence-corrected chi connectivity index (χ1v) is 13.9. The van der Waals surface area contributed by atoms with Crippen LogP contribution in [-0.2, 0) is 14.8 Å². The maximum absolute atomic E-state index is 12.9. The lowest BCUT2D eigenvalue weighted by Gasteiger charge is -2.17. The van der Waals surface area contributed by atoms with Crippen molar-refractivity contribution in [2.45, 2.75) is 17.4 Å². The van der Waals surface area contributed by atoms with E-state index in [-0.39, 0.29) is 11.7 Å². The number of fused-ring (bicyclic) bond motifs is 1. The Balaban J connectivity index is 1.48. The molecule has 33 heavy (non-hydrogen) atoms. The van der Waals surface area contributed by atoms with Gasteiger partial charge in [0.25, 0.3) is 0 Å². The average molecular weight is 526 g/mol. The summed E-state index contributed by atoms with van der Waals surface area (Å²) in [6, 6.07) is 10.3. The van der Waals surface area contributed by atoms with E-state index in [1.54, 1.807) is 6.07 Å². The van der Waals surface area contributed by atoms with Crippen LogP contribution in [0.1, 0.15) is 6.42 Å². The van der Waals surface area contributed by atoms with Crippen LogP contribution in [0.2, 0.25) is 5.02 Å². The van der Waals surface area contributed by atoms with Crippen LogP contribution in [-0.4, -0.2) is 44.2 Å². The fraction of sp³-hybridized carbons (Fsp3) is 0.238. The third-order valence-electron chi connectivity index (χ3n) is 4.75. The summed E-state index contributed by atoms with van der Waals surface area (Å²) in [6.07, 6.45) is 2.21. The largest absolute Gasteiger partial charge is 0.454 e. The van der Waals surface area contributed by atoms with Gasteiger partial charge in [0.05, 0.1) is 10.6 Å². The predicted molar refractivity (Wildman–Crippen MR) is 131 cm³/mol. The minimum atomic E-state index is -3.91. The second-order valence-electron chi connectivity index (χ2n) is 7.00. The highest BCUT2D eigenvalue weighted by atomic mass is 35.5. The first-order chi connectivity index (χ1) is 15.9. The molecule has 0 fully saturated rings. The van der Waals surface area contributed by atoms with E-state index in [1.807, 2.05) is 23.8 Å². The Labute approximate surface area is 204 Å². The molecule has 0 bridgehead atoms. The van der Waals surface area contributed by atoms with Gasteiger partial charge in [-0.1, -0.05) is 11.6 Å². The van der Waals surface area contributed by atoms with Crippen LogP contribution < -0.4 is 19.5 Å². The molecule has 1 aliphatic heterocycles. The zero-order valence-corrected chi connectivity index (χ0v) is 20.6. The van der Waals surface area contributed by atoms with E-state index in [4.69, 9.17) is 21.1 Å². The molecule has 2 heterocycles. The standard InChI is InChI=1S/C21H20ClN3O5S3/c1-31-9-8-16(25-33(27,28)15-5-3-14(22)4-6-15)20(26)24-21-23-17(11-32-21)13-2-7-18-19(10-13)30-12-29-18/h2-7,10-11,16,25H,8-9,12H2,1H3,(H,23,24,26). The van der Waals surface area contributed by atoms with Crippen LogP contribution in [0, 0.1) is 0 Å². The van der Waals surface area contributed by atoms with Gasteiger partial charge in [-0.3, -0.25) is 4.79 Å². The summed E-state index contributed by atoms with van der Waals surface area (Å²) in [5.74, 6) is 1.43. The molecule has 1 aromatic heterocycles. The van der Waals surface area contributed by atoms with Crippen LogP contribution in [0.4, 0.5) is 5.13 Å². The molecular weight excluding hydrogens is 506 g/mol. The third-order valence-corrected chi connectivity index (χ3v) is 7.89. The normalized spacial score (nSPS) is 13.6. The molecule has 12 heteroatoms. The first-order valence-electron chi connectivity index (χ1n) is 9.79. The third kappa shape index (κ3) is 5.79. The number of nitrogens with zero attached hydrogens (tertiary/aromatic N) is 1. The smallest absolute Gasteiger partial charge is 0.244 e. The number of sulfonamides is 1. The lowest BCUT2D eigenvalue weighted by Crippen LogP contribution is -2.44. The van der Waals surface area contributed by atoms with E-state index in [2.05, 4.69) is 15.0 Å². The lowest BCUT2D eigenvalue weighted by molar-refractivity contribution is -0.117. The molecule has 2 N–H and O–H groups in total. The van der Waals surface area contributed by atoms with Crippen molar-refractivity contribution in [2.24, 2.45) is 0 Å². The summed E-state index contributed by atoms with van der Waals surface area (Å²) in [5, 5.41) is 5.33. The van der Waals surface area contributed by atoms with Crippen molar-refractivity contribution in [2.75, 3.05) is 24.1 Å². The molecule has 1 aliphatic rings. The molecule has 8 nitrogen and oxygen atoms in total. The molecule has 4 rings (SSSR count). The number of carbonyl (C=O) groups excluding carboxylic acids is 1. The zero-order chi connectivity index (χ0) is 23.4. The van der Waals surface area contributed by atoms with Gasteiger partial charge in [-0.25, -0.2) is 13.4 Å². The number of thioether (sulfide) groups is 1. The van der Waals surface area contributed by atoms with E-state index < -0.39 is 22.0 Å². The van der Waals surface area contributed by atoms with Crippen molar-refractivity contribution < 1.29 is 22.7 Å². The minimum absolute atomic E-state index is 0.0354. The highest BCUT2D eigenvalue weighted by Crippen LogP contribution is 2.36. The highest BCUT2D eigenvalue weighted by molar-refractivity contribution is 7.98. The van der Waals surface area contributed by atoms with Crippen LogP contribution in [0.25, 0.3) is 11.3 Å². The number of rotatable bonds is 9. The molecule has 174 valence electrons. The topological polar surface area (TPSA) is 107 Å². The summed E-state index contributed by atoms with van der Waals surface area (Å²) in [6.45, 7) is 0.181. The zero-order valence-electron chi connectivity index (χ0n) is 17.4. The van der Waals surface area contributed by atoms with E-state index in [1.165, 1.54) is 47.4 Å². The molecule has 1 atom stereocenters. The van der Waals surface area contributed by atoms with Gasteiger partial charge < -0.3 is 14.8 Å². The summed E-state index contributed by atoms with van der Waals surface area (Å²) in [4.78, 5) is 17.4.